The third-order valence-electron chi connectivity index (χ3n) is 3.97. The maximum atomic E-state index is 5.67. The van der Waals surface area contributed by atoms with Gasteiger partial charge < -0.3 is 5.32 Å². The van der Waals surface area contributed by atoms with E-state index in [4.69, 9.17) is 12.2 Å². The zero-order chi connectivity index (χ0) is 18.4. The lowest BCUT2D eigenvalue weighted by molar-refractivity contribution is 0.766. The van der Waals surface area contributed by atoms with Gasteiger partial charge in [0.2, 0.25) is 0 Å². The van der Waals surface area contributed by atoms with Crippen LogP contribution in [-0.2, 0) is 0 Å². The van der Waals surface area contributed by atoms with E-state index >= 15 is 0 Å². The van der Waals surface area contributed by atoms with Gasteiger partial charge in [-0.3, -0.25) is 8.11 Å². The molecule has 0 fully saturated rings. The molecular weight excluding hydrogens is 453 g/mol. The Balaban J connectivity index is 1.84. The van der Waals surface area contributed by atoms with Gasteiger partial charge in [0.1, 0.15) is 0 Å². The number of nitrogens with zero attached hydrogens (tertiary/aromatic N) is 2. The molecule has 0 bridgehead atoms. The Morgan fingerprint density at radius 3 is 1.85 bits per heavy atom. The molecule has 0 radical (unpaired) electrons. The quantitative estimate of drug-likeness (QED) is 0.219. The van der Waals surface area contributed by atoms with E-state index in [1.165, 1.54) is 0 Å². The highest BCUT2D eigenvalue weighted by molar-refractivity contribution is 14.1. The molecule has 0 aromatic heterocycles. The Morgan fingerprint density at radius 2 is 1.38 bits per heavy atom. The average Bonchev–Trinajstić information content (AvgIpc) is 2.72. The van der Waals surface area contributed by atoms with Gasteiger partial charge >= 0.3 is 0 Å². The smallest absolute Gasteiger partial charge is 0.183 e. The Bertz CT molecular complexity index is 827. The van der Waals surface area contributed by atoms with Crippen LogP contribution >= 0.6 is 35.1 Å². The predicted octanol–water partition coefficient (Wildman–Crippen LogP) is 5.84. The molecule has 3 nitrogen and oxygen atoms in total. The first-order chi connectivity index (χ1) is 12.7. The monoisotopic (exact) mass is 471 g/mol. The van der Waals surface area contributed by atoms with Crippen LogP contribution in [0.5, 0.6) is 0 Å². The maximum Gasteiger partial charge on any atom is 0.183 e. The summed E-state index contributed by atoms with van der Waals surface area (Å²) < 4.78 is 1.93. The molecule has 0 aliphatic rings. The normalized spacial score (nSPS) is 10.4. The van der Waals surface area contributed by atoms with Gasteiger partial charge in [-0.1, -0.05) is 60.7 Å². The molecule has 0 saturated carbocycles. The standard InChI is InChI=1S/C21H18IN3S/c1-23-18-12-14-19(15-13-18)25(22)21(26)24-20(16-8-4-2-5-9-16)17-10-6-3-7-11-17/h2-15,20H,1H2,(H,24,26). The number of benzene rings is 3. The van der Waals surface area contributed by atoms with E-state index in [-0.39, 0.29) is 6.04 Å². The minimum absolute atomic E-state index is 0.0173. The molecule has 0 atom stereocenters. The number of hydrogen-bond acceptors (Lipinski definition) is 2. The van der Waals surface area contributed by atoms with E-state index in [2.05, 4.69) is 64.2 Å². The molecule has 0 amide bonds. The molecular formula is C21H18IN3S. The fourth-order valence-electron chi connectivity index (χ4n) is 2.64. The van der Waals surface area contributed by atoms with Gasteiger partial charge in [-0.2, -0.15) is 0 Å². The molecule has 0 unspecified atom stereocenters. The number of rotatable bonds is 5. The van der Waals surface area contributed by atoms with Crippen molar-refractivity contribution in [2.24, 2.45) is 4.99 Å². The topological polar surface area (TPSA) is 27.6 Å². The fourth-order valence-corrected chi connectivity index (χ4v) is 3.32. The zero-order valence-electron chi connectivity index (χ0n) is 14.0. The van der Waals surface area contributed by atoms with Gasteiger partial charge in [-0.25, -0.2) is 0 Å². The summed E-state index contributed by atoms with van der Waals surface area (Å²) in [6, 6.07) is 28.4. The van der Waals surface area contributed by atoms with Crippen molar-refractivity contribution in [3.63, 3.8) is 0 Å². The van der Waals surface area contributed by atoms with Gasteiger partial charge in [0.25, 0.3) is 0 Å². The van der Waals surface area contributed by atoms with Crippen molar-refractivity contribution in [1.29, 1.82) is 0 Å². The predicted molar refractivity (Wildman–Crippen MR) is 123 cm³/mol. The zero-order valence-corrected chi connectivity index (χ0v) is 17.0. The van der Waals surface area contributed by atoms with Crippen molar-refractivity contribution in [3.8, 4) is 0 Å². The molecule has 3 aromatic carbocycles. The lowest BCUT2D eigenvalue weighted by Crippen LogP contribution is -2.36. The minimum Gasteiger partial charge on any atom is -0.351 e. The van der Waals surface area contributed by atoms with Crippen molar-refractivity contribution in [2.75, 3.05) is 3.11 Å². The minimum atomic E-state index is -0.0173. The second kappa shape index (κ2) is 8.91. The van der Waals surface area contributed by atoms with Crippen LogP contribution in [0.25, 0.3) is 0 Å². The summed E-state index contributed by atoms with van der Waals surface area (Å²) in [6.45, 7) is 3.54. The van der Waals surface area contributed by atoms with Crippen LogP contribution < -0.4 is 8.43 Å². The molecule has 3 rings (SSSR count). The number of hydrogen-bond donors (Lipinski definition) is 1. The number of anilines is 1. The van der Waals surface area contributed by atoms with Crippen LogP contribution in [0, 0.1) is 0 Å². The van der Waals surface area contributed by atoms with Crippen LogP contribution in [0.3, 0.4) is 0 Å². The van der Waals surface area contributed by atoms with Gasteiger partial charge in [-0.05, 0) is 54.3 Å². The third-order valence-corrected chi connectivity index (χ3v) is 5.64. The summed E-state index contributed by atoms with van der Waals surface area (Å²) in [5.41, 5.74) is 4.15. The number of thiocarbonyl (C=S) groups is 1. The first-order valence-corrected chi connectivity index (χ1v) is 9.49. The van der Waals surface area contributed by atoms with Crippen molar-refractivity contribution < 1.29 is 0 Å². The Kier molecular flexibility index (Phi) is 6.35. The molecule has 0 aliphatic heterocycles. The molecule has 130 valence electrons. The lowest BCUT2D eigenvalue weighted by atomic mass is 9.99. The third kappa shape index (κ3) is 4.47. The molecule has 5 heteroatoms. The lowest BCUT2D eigenvalue weighted by Gasteiger charge is -2.25. The first-order valence-electron chi connectivity index (χ1n) is 8.12. The van der Waals surface area contributed by atoms with E-state index in [0.29, 0.717) is 5.11 Å². The summed E-state index contributed by atoms with van der Waals surface area (Å²) in [5, 5.41) is 4.13. The molecule has 26 heavy (non-hydrogen) atoms. The molecule has 0 aliphatic carbocycles. The van der Waals surface area contributed by atoms with E-state index in [9.17, 15) is 0 Å². The van der Waals surface area contributed by atoms with E-state index < -0.39 is 0 Å². The van der Waals surface area contributed by atoms with E-state index in [1.54, 1.807) is 0 Å². The largest absolute Gasteiger partial charge is 0.351 e. The highest BCUT2D eigenvalue weighted by Gasteiger charge is 2.18. The van der Waals surface area contributed by atoms with Crippen molar-refractivity contribution >= 4 is 58.3 Å². The van der Waals surface area contributed by atoms with Crippen LogP contribution in [0.1, 0.15) is 17.2 Å². The van der Waals surface area contributed by atoms with E-state index in [1.807, 2.05) is 63.8 Å². The van der Waals surface area contributed by atoms with Crippen LogP contribution in [0.4, 0.5) is 11.4 Å². The summed E-state index contributed by atoms with van der Waals surface area (Å²) >= 11 is 7.88. The second-order valence-electron chi connectivity index (χ2n) is 5.66. The summed E-state index contributed by atoms with van der Waals surface area (Å²) in [5.74, 6) is 0. The number of aliphatic imine (C=N–C) groups is 1. The van der Waals surface area contributed by atoms with Gasteiger partial charge in [-0.15, -0.1) is 0 Å². The summed E-state index contributed by atoms with van der Waals surface area (Å²) in [6.07, 6.45) is 0. The van der Waals surface area contributed by atoms with Gasteiger partial charge in [0, 0.05) is 0 Å². The summed E-state index contributed by atoms with van der Waals surface area (Å²) in [7, 11) is 0. The summed E-state index contributed by atoms with van der Waals surface area (Å²) in [4.78, 5) is 3.92. The molecule has 0 heterocycles. The van der Waals surface area contributed by atoms with Crippen molar-refractivity contribution in [2.45, 2.75) is 6.04 Å². The molecule has 3 aromatic rings. The number of halogens is 1. The van der Waals surface area contributed by atoms with Crippen molar-refractivity contribution in [3.05, 3.63) is 96.1 Å². The van der Waals surface area contributed by atoms with Crippen LogP contribution in [0.2, 0.25) is 0 Å². The van der Waals surface area contributed by atoms with Gasteiger partial charge in [0.05, 0.1) is 40.3 Å². The highest BCUT2D eigenvalue weighted by atomic mass is 127. The van der Waals surface area contributed by atoms with E-state index in [0.717, 1.165) is 22.5 Å². The Hall–Kier alpha value is -2.25. The Labute approximate surface area is 173 Å². The number of nitrogens with one attached hydrogen (secondary N) is 1. The van der Waals surface area contributed by atoms with Crippen LogP contribution in [0.15, 0.2) is 89.9 Å². The molecule has 0 saturated heterocycles. The second-order valence-corrected chi connectivity index (χ2v) is 7.01. The van der Waals surface area contributed by atoms with Gasteiger partial charge in [0.15, 0.2) is 5.11 Å². The average molecular weight is 471 g/mol. The fraction of sp³-hybridized carbons (Fsp3) is 0.0476. The van der Waals surface area contributed by atoms with Crippen LogP contribution in [-0.4, -0.2) is 11.8 Å². The SMILES string of the molecule is C=Nc1ccc(N(I)C(=S)NC(c2ccccc2)c2ccccc2)cc1. The maximum absolute atomic E-state index is 5.67. The molecule has 1 N–H and O–H groups in total. The first kappa shape index (κ1) is 18.5. The molecule has 0 spiro atoms. The van der Waals surface area contributed by atoms with Crippen molar-refractivity contribution in [1.82, 2.24) is 5.32 Å². The highest BCUT2D eigenvalue weighted by Crippen LogP contribution is 2.26. The Morgan fingerprint density at radius 1 is 0.885 bits per heavy atom.